The molecule has 0 aliphatic rings. The van der Waals surface area contributed by atoms with E-state index in [1.165, 1.54) is 0 Å². The lowest BCUT2D eigenvalue weighted by atomic mass is 10.00. The van der Waals surface area contributed by atoms with Gasteiger partial charge in [-0.05, 0) is 47.6 Å². The monoisotopic (exact) mass is 338 g/mol. The molecule has 0 aliphatic heterocycles. The summed E-state index contributed by atoms with van der Waals surface area (Å²) in [6.45, 7) is 2.48. The van der Waals surface area contributed by atoms with Crippen LogP contribution in [-0.2, 0) is 0 Å². The highest BCUT2D eigenvalue weighted by Gasteiger charge is 2.18. The van der Waals surface area contributed by atoms with Crippen molar-refractivity contribution in [2.75, 3.05) is 13.7 Å². The first kappa shape index (κ1) is 14.9. The normalized spacial score (nSPS) is 12.2. The van der Waals surface area contributed by atoms with Gasteiger partial charge in [-0.15, -0.1) is 0 Å². The van der Waals surface area contributed by atoms with E-state index in [1.54, 1.807) is 31.6 Å². The number of ether oxygens (including phenoxy) is 1. The Hall–Kier alpha value is -1.46. The van der Waals surface area contributed by atoms with Crippen molar-refractivity contribution in [1.82, 2.24) is 10.3 Å². The summed E-state index contributed by atoms with van der Waals surface area (Å²) < 4.78 is 20.1. The first-order valence-corrected chi connectivity index (χ1v) is 7.15. The molecular weight excluding hydrogens is 323 g/mol. The summed E-state index contributed by atoms with van der Waals surface area (Å²) in [5.41, 5.74) is 1.42. The van der Waals surface area contributed by atoms with E-state index < -0.39 is 0 Å². The minimum Gasteiger partial charge on any atom is -0.492 e. The maximum absolute atomic E-state index is 14.2. The van der Waals surface area contributed by atoms with Crippen LogP contribution in [0.15, 0.2) is 41.1 Å². The third kappa shape index (κ3) is 3.16. The SMILES string of the molecule is CCOc1cncc(C(NC)c2cccc(Br)c2F)c1. The quantitative estimate of drug-likeness (QED) is 0.902. The van der Waals surface area contributed by atoms with Crippen molar-refractivity contribution in [3.05, 3.63) is 58.1 Å². The van der Waals surface area contributed by atoms with E-state index in [1.807, 2.05) is 19.1 Å². The Kier molecular flexibility index (Phi) is 5.09. The lowest BCUT2D eigenvalue weighted by Crippen LogP contribution is -2.19. The molecule has 106 valence electrons. The molecule has 1 N–H and O–H groups in total. The molecule has 0 saturated heterocycles. The van der Waals surface area contributed by atoms with Crippen LogP contribution < -0.4 is 10.1 Å². The Morgan fingerprint density at radius 3 is 2.90 bits per heavy atom. The second kappa shape index (κ2) is 6.81. The van der Waals surface area contributed by atoms with Gasteiger partial charge in [-0.1, -0.05) is 12.1 Å². The molecule has 1 heterocycles. The van der Waals surface area contributed by atoms with Gasteiger partial charge in [0.05, 0.1) is 23.3 Å². The Morgan fingerprint density at radius 2 is 2.20 bits per heavy atom. The molecule has 0 saturated carbocycles. The maximum atomic E-state index is 14.2. The van der Waals surface area contributed by atoms with Crippen molar-refractivity contribution in [1.29, 1.82) is 0 Å². The van der Waals surface area contributed by atoms with E-state index >= 15 is 0 Å². The van der Waals surface area contributed by atoms with E-state index in [9.17, 15) is 4.39 Å². The molecule has 1 aromatic carbocycles. The maximum Gasteiger partial charge on any atom is 0.142 e. The summed E-state index contributed by atoms with van der Waals surface area (Å²) in [5, 5.41) is 3.12. The van der Waals surface area contributed by atoms with Crippen LogP contribution in [0.1, 0.15) is 24.1 Å². The van der Waals surface area contributed by atoms with Crippen molar-refractivity contribution in [3.8, 4) is 5.75 Å². The lowest BCUT2D eigenvalue weighted by Gasteiger charge is -2.18. The van der Waals surface area contributed by atoms with E-state index in [4.69, 9.17) is 4.74 Å². The van der Waals surface area contributed by atoms with Gasteiger partial charge in [0, 0.05) is 11.8 Å². The van der Waals surface area contributed by atoms with E-state index in [2.05, 4.69) is 26.2 Å². The smallest absolute Gasteiger partial charge is 0.142 e. The van der Waals surface area contributed by atoms with Crippen LogP contribution in [-0.4, -0.2) is 18.6 Å². The average Bonchev–Trinajstić information content (AvgIpc) is 2.45. The Labute approximate surface area is 126 Å². The summed E-state index contributed by atoms with van der Waals surface area (Å²) in [6.07, 6.45) is 3.36. The predicted molar refractivity (Wildman–Crippen MR) is 80.4 cm³/mol. The molecule has 0 aliphatic carbocycles. The molecule has 1 aromatic heterocycles. The van der Waals surface area contributed by atoms with Gasteiger partial charge in [-0.25, -0.2) is 4.39 Å². The van der Waals surface area contributed by atoms with Crippen molar-refractivity contribution in [2.24, 2.45) is 0 Å². The van der Waals surface area contributed by atoms with Crippen molar-refractivity contribution in [3.63, 3.8) is 0 Å². The Balaban J connectivity index is 2.41. The van der Waals surface area contributed by atoms with E-state index in [0.717, 1.165) is 5.56 Å². The second-order valence-corrected chi connectivity index (χ2v) is 5.11. The minimum atomic E-state index is -0.277. The standard InChI is InChI=1S/C15H16BrFN2O/c1-3-20-11-7-10(8-19-9-11)15(18-2)12-5-4-6-13(16)14(12)17/h4-9,15,18H,3H2,1-2H3. The van der Waals surface area contributed by atoms with Gasteiger partial charge in [0.2, 0.25) is 0 Å². The van der Waals surface area contributed by atoms with Gasteiger partial charge in [0.15, 0.2) is 0 Å². The summed E-state index contributed by atoms with van der Waals surface area (Å²) in [7, 11) is 1.79. The molecule has 1 atom stereocenters. The number of hydrogen-bond donors (Lipinski definition) is 1. The first-order chi connectivity index (χ1) is 9.67. The topological polar surface area (TPSA) is 34.1 Å². The lowest BCUT2D eigenvalue weighted by molar-refractivity contribution is 0.338. The largest absolute Gasteiger partial charge is 0.492 e. The van der Waals surface area contributed by atoms with Gasteiger partial charge < -0.3 is 10.1 Å². The number of halogens is 2. The van der Waals surface area contributed by atoms with Crippen LogP contribution in [0.25, 0.3) is 0 Å². The number of aromatic nitrogens is 1. The fraction of sp³-hybridized carbons (Fsp3) is 0.267. The number of nitrogens with one attached hydrogen (secondary N) is 1. The summed E-state index contributed by atoms with van der Waals surface area (Å²) in [4.78, 5) is 4.15. The number of hydrogen-bond acceptors (Lipinski definition) is 3. The zero-order valence-electron chi connectivity index (χ0n) is 11.4. The molecule has 0 amide bonds. The number of rotatable bonds is 5. The highest BCUT2D eigenvalue weighted by Crippen LogP contribution is 2.29. The Bertz CT molecular complexity index is 592. The van der Waals surface area contributed by atoms with E-state index in [0.29, 0.717) is 22.4 Å². The summed E-state index contributed by atoms with van der Waals surface area (Å²) in [5.74, 6) is 0.411. The van der Waals surface area contributed by atoms with Crippen molar-refractivity contribution in [2.45, 2.75) is 13.0 Å². The van der Waals surface area contributed by atoms with Gasteiger partial charge in [-0.3, -0.25) is 4.98 Å². The van der Waals surface area contributed by atoms with Crippen LogP contribution in [0, 0.1) is 5.82 Å². The molecule has 5 heteroatoms. The fourth-order valence-electron chi connectivity index (χ4n) is 2.08. The molecule has 2 rings (SSSR count). The van der Waals surface area contributed by atoms with Crippen molar-refractivity contribution >= 4 is 15.9 Å². The highest BCUT2D eigenvalue weighted by atomic mass is 79.9. The molecule has 0 radical (unpaired) electrons. The molecule has 0 fully saturated rings. The van der Waals surface area contributed by atoms with Crippen molar-refractivity contribution < 1.29 is 9.13 Å². The molecule has 0 spiro atoms. The average molecular weight is 339 g/mol. The third-order valence-electron chi connectivity index (χ3n) is 2.96. The summed E-state index contributed by atoms with van der Waals surface area (Å²) >= 11 is 3.21. The van der Waals surface area contributed by atoms with Crippen LogP contribution >= 0.6 is 15.9 Å². The predicted octanol–water partition coefficient (Wildman–Crippen LogP) is 3.69. The number of benzene rings is 1. The summed E-state index contributed by atoms with van der Waals surface area (Å²) in [6, 6.07) is 6.85. The molecule has 1 unspecified atom stereocenters. The molecule has 3 nitrogen and oxygen atoms in total. The molecular formula is C15H16BrFN2O. The van der Waals surface area contributed by atoms with Gasteiger partial charge in [0.25, 0.3) is 0 Å². The minimum absolute atomic E-state index is 0.270. The van der Waals surface area contributed by atoms with Gasteiger partial charge >= 0.3 is 0 Å². The van der Waals surface area contributed by atoms with E-state index in [-0.39, 0.29) is 11.9 Å². The molecule has 2 aromatic rings. The zero-order valence-corrected chi connectivity index (χ0v) is 12.9. The van der Waals surface area contributed by atoms with Crippen LogP contribution in [0.4, 0.5) is 4.39 Å². The second-order valence-electron chi connectivity index (χ2n) is 4.25. The molecule has 0 bridgehead atoms. The fourth-order valence-corrected chi connectivity index (χ4v) is 2.47. The van der Waals surface area contributed by atoms with Crippen LogP contribution in [0.2, 0.25) is 0 Å². The number of pyridine rings is 1. The van der Waals surface area contributed by atoms with Crippen LogP contribution in [0.5, 0.6) is 5.75 Å². The number of nitrogens with zero attached hydrogens (tertiary/aromatic N) is 1. The third-order valence-corrected chi connectivity index (χ3v) is 3.57. The first-order valence-electron chi connectivity index (χ1n) is 6.36. The van der Waals surface area contributed by atoms with Gasteiger partial charge in [-0.2, -0.15) is 0 Å². The zero-order chi connectivity index (χ0) is 14.5. The van der Waals surface area contributed by atoms with Crippen LogP contribution in [0.3, 0.4) is 0 Å². The van der Waals surface area contributed by atoms with Gasteiger partial charge in [0.1, 0.15) is 11.6 Å². The highest BCUT2D eigenvalue weighted by molar-refractivity contribution is 9.10. The molecule has 20 heavy (non-hydrogen) atoms. The Morgan fingerprint density at radius 1 is 1.40 bits per heavy atom.